The Balaban J connectivity index is 1.75. The Morgan fingerprint density at radius 1 is 1.17 bits per heavy atom. The van der Waals surface area contributed by atoms with Crippen LogP contribution < -0.4 is 5.32 Å². The molecular weight excluding hydrogens is 416 g/mol. The van der Waals surface area contributed by atoms with Crippen molar-refractivity contribution >= 4 is 41.1 Å². The van der Waals surface area contributed by atoms with E-state index in [9.17, 15) is 9.59 Å². The summed E-state index contributed by atoms with van der Waals surface area (Å²) in [4.78, 5) is 28.1. The lowest BCUT2D eigenvalue weighted by Crippen LogP contribution is -2.32. The highest BCUT2D eigenvalue weighted by molar-refractivity contribution is 8.00. The molecule has 1 aliphatic rings. The SMILES string of the molecule is COC(=O)C(C)Sc1ccccc1C(=O)Nc1cccc(CN2CCSCC2)c1C. The predicted molar refractivity (Wildman–Crippen MR) is 126 cm³/mol. The van der Waals surface area contributed by atoms with Crippen LogP contribution in [0.15, 0.2) is 47.4 Å². The van der Waals surface area contributed by atoms with Gasteiger partial charge in [-0.1, -0.05) is 24.3 Å². The minimum absolute atomic E-state index is 0.176. The average Bonchev–Trinajstić information content (AvgIpc) is 2.77. The first-order valence-corrected chi connectivity index (χ1v) is 12.1. The summed E-state index contributed by atoms with van der Waals surface area (Å²) >= 11 is 3.33. The number of methoxy groups -OCH3 is 1. The molecule has 1 N–H and O–H groups in total. The van der Waals surface area contributed by atoms with Gasteiger partial charge in [-0.15, -0.1) is 11.8 Å². The van der Waals surface area contributed by atoms with Gasteiger partial charge in [0.1, 0.15) is 5.25 Å². The first-order valence-electron chi connectivity index (χ1n) is 10.0. The van der Waals surface area contributed by atoms with Crippen molar-refractivity contribution < 1.29 is 14.3 Å². The lowest BCUT2D eigenvalue weighted by Gasteiger charge is -2.27. The molecule has 1 saturated heterocycles. The van der Waals surface area contributed by atoms with Crippen LogP contribution in [0.1, 0.15) is 28.4 Å². The lowest BCUT2D eigenvalue weighted by atomic mass is 10.1. The number of anilines is 1. The van der Waals surface area contributed by atoms with E-state index < -0.39 is 5.25 Å². The first kappa shape index (κ1) is 22.7. The molecule has 1 aliphatic heterocycles. The number of rotatable bonds is 7. The Kier molecular flexibility index (Phi) is 8.24. The summed E-state index contributed by atoms with van der Waals surface area (Å²) in [6.45, 7) is 6.94. The first-order chi connectivity index (χ1) is 14.5. The maximum absolute atomic E-state index is 13.1. The molecule has 0 spiro atoms. The number of benzene rings is 2. The number of thioether (sulfide) groups is 2. The van der Waals surface area contributed by atoms with Crippen molar-refractivity contribution in [1.82, 2.24) is 4.90 Å². The molecule has 1 fully saturated rings. The zero-order chi connectivity index (χ0) is 21.5. The van der Waals surface area contributed by atoms with Crippen molar-refractivity contribution in [2.45, 2.75) is 30.5 Å². The van der Waals surface area contributed by atoms with Crippen molar-refractivity contribution in [2.75, 3.05) is 37.0 Å². The smallest absolute Gasteiger partial charge is 0.318 e. The van der Waals surface area contributed by atoms with E-state index in [1.807, 2.05) is 42.1 Å². The van der Waals surface area contributed by atoms with Crippen LogP contribution in [0.5, 0.6) is 0 Å². The molecule has 5 nitrogen and oxygen atoms in total. The van der Waals surface area contributed by atoms with E-state index in [0.29, 0.717) is 5.56 Å². The molecule has 7 heteroatoms. The second-order valence-corrected chi connectivity index (χ2v) is 9.82. The monoisotopic (exact) mass is 444 g/mol. The van der Waals surface area contributed by atoms with E-state index in [4.69, 9.17) is 4.74 Å². The van der Waals surface area contributed by atoms with E-state index in [1.165, 1.54) is 35.9 Å². The van der Waals surface area contributed by atoms with Gasteiger partial charge < -0.3 is 10.1 Å². The third-order valence-electron chi connectivity index (χ3n) is 5.16. The van der Waals surface area contributed by atoms with Gasteiger partial charge in [-0.05, 0) is 43.2 Å². The molecule has 0 radical (unpaired) electrons. The molecule has 1 unspecified atom stereocenters. The van der Waals surface area contributed by atoms with Crippen molar-refractivity contribution in [2.24, 2.45) is 0 Å². The fourth-order valence-electron chi connectivity index (χ4n) is 3.34. The van der Waals surface area contributed by atoms with Crippen LogP contribution in [0.2, 0.25) is 0 Å². The van der Waals surface area contributed by atoms with Crippen LogP contribution in [-0.2, 0) is 16.1 Å². The molecule has 1 heterocycles. The summed E-state index contributed by atoms with van der Waals surface area (Å²) in [7, 11) is 1.37. The molecule has 1 atom stereocenters. The number of nitrogens with one attached hydrogen (secondary N) is 1. The van der Waals surface area contributed by atoms with Crippen LogP contribution in [0.3, 0.4) is 0 Å². The highest BCUT2D eigenvalue weighted by Gasteiger charge is 2.20. The number of amides is 1. The Morgan fingerprint density at radius 3 is 2.63 bits per heavy atom. The Hall–Kier alpha value is -1.96. The normalized spacial score (nSPS) is 15.4. The minimum Gasteiger partial charge on any atom is -0.468 e. The van der Waals surface area contributed by atoms with Gasteiger partial charge >= 0.3 is 5.97 Å². The fraction of sp³-hybridized carbons (Fsp3) is 0.391. The molecule has 30 heavy (non-hydrogen) atoms. The summed E-state index contributed by atoms with van der Waals surface area (Å²) in [5, 5.41) is 2.68. The number of carbonyl (C=O) groups excluding carboxylic acids is 2. The number of nitrogens with zero attached hydrogens (tertiary/aromatic N) is 1. The van der Waals surface area contributed by atoms with E-state index in [2.05, 4.69) is 23.2 Å². The van der Waals surface area contributed by atoms with Crippen LogP contribution in [0.4, 0.5) is 5.69 Å². The predicted octanol–water partition coefficient (Wildman–Crippen LogP) is 4.45. The molecule has 0 aromatic heterocycles. The van der Waals surface area contributed by atoms with Gasteiger partial charge in [-0.25, -0.2) is 0 Å². The maximum Gasteiger partial charge on any atom is 0.318 e. The molecule has 0 bridgehead atoms. The standard InChI is InChI=1S/C23H28N2O3S2/c1-16-18(15-25-11-13-29-14-12-25)7-6-9-20(16)24-22(26)19-8-4-5-10-21(19)30-17(2)23(27)28-3/h4-10,17H,11-15H2,1-3H3,(H,24,26). The Bertz CT molecular complexity index is 898. The quantitative estimate of drug-likeness (QED) is 0.503. The number of esters is 1. The van der Waals surface area contributed by atoms with Gasteiger partial charge in [0, 0.05) is 41.7 Å². The molecular formula is C23H28N2O3S2. The zero-order valence-electron chi connectivity index (χ0n) is 17.6. The third kappa shape index (κ3) is 5.80. The van der Waals surface area contributed by atoms with Gasteiger partial charge in [0.2, 0.25) is 0 Å². The third-order valence-corrected chi connectivity index (χ3v) is 7.26. The van der Waals surface area contributed by atoms with Crippen LogP contribution >= 0.6 is 23.5 Å². The minimum atomic E-state index is -0.392. The largest absolute Gasteiger partial charge is 0.468 e. The molecule has 3 rings (SSSR count). The van der Waals surface area contributed by atoms with Crippen molar-refractivity contribution in [3.63, 3.8) is 0 Å². The summed E-state index contributed by atoms with van der Waals surface area (Å²) < 4.78 is 4.81. The van der Waals surface area contributed by atoms with E-state index in [-0.39, 0.29) is 11.9 Å². The molecule has 1 amide bonds. The molecule has 2 aromatic rings. The highest BCUT2D eigenvalue weighted by Crippen LogP contribution is 2.29. The van der Waals surface area contributed by atoms with Crippen LogP contribution in [-0.4, -0.2) is 53.7 Å². The second kappa shape index (κ2) is 10.9. The molecule has 0 saturated carbocycles. The number of hydrogen-bond donors (Lipinski definition) is 1. The topological polar surface area (TPSA) is 58.6 Å². The van der Waals surface area contributed by atoms with E-state index >= 15 is 0 Å². The van der Waals surface area contributed by atoms with Crippen molar-refractivity contribution in [3.8, 4) is 0 Å². The van der Waals surface area contributed by atoms with E-state index in [0.717, 1.165) is 35.8 Å². The number of hydrogen-bond acceptors (Lipinski definition) is 6. The Labute approximate surface area is 186 Å². The van der Waals surface area contributed by atoms with Crippen molar-refractivity contribution in [3.05, 3.63) is 59.2 Å². The van der Waals surface area contributed by atoms with Crippen LogP contribution in [0, 0.1) is 6.92 Å². The lowest BCUT2D eigenvalue weighted by molar-refractivity contribution is -0.139. The van der Waals surface area contributed by atoms with Gasteiger partial charge in [0.15, 0.2) is 0 Å². The molecule has 160 valence electrons. The van der Waals surface area contributed by atoms with Gasteiger partial charge in [-0.3, -0.25) is 14.5 Å². The summed E-state index contributed by atoms with van der Waals surface area (Å²) in [6.07, 6.45) is 0. The van der Waals surface area contributed by atoms with Crippen LogP contribution in [0.25, 0.3) is 0 Å². The molecule has 2 aromatic carbocycles. The Morgan fingerprint density at radius 2 is 1.90 bits per heavy atom. The highest BCUT2D eigenvalue weighted by atomic mass is 32.2. The number of ether oxygens (including phenoxy) is 1. The molecule has 0 aliphatic carbocycles. The summed E-state index contributed by atoms with van der Waals surface area (Å²) in [5.74, 6) is 1.86. The maximum atomic E-state index is 13.1. The van der Waals surface area contributed by atoms with Crippen molar-refractivity contribution in [1.29, 1.82) is 0 Å². The zero-order valence-corrected chi connectivity index (χ0v) is 19.3. The van der Waals surface area contributed by atoms with Gasteiger partial charge in [0.25, 0.3) is 5.91 Å². The summed E-state index contributed by atoms with van der Waals surface area (Å²) in [5.41, 5.74) is 3.71. The average molecular weight is 445 g/mol. The number of carbonyl (C=O) groups is 2. The second-order valence-electron chi connectivity index (χ2n) is 7.21. The summed E-state index contributed by atoms with van der Waals surface area (Å²) in [6, 6.07) is 13.4. The van der Waals surface area contributed by atoms with E-state index in [1.54, 1.807) is 13.0 Å². The van der Waals surface area contributed by atoms with Gasteiger partial charge in [0.05, 0.1) is 12.7 Å². The fourth-order valence-corrected chi connectivity index (χ4v) is 5.34. The van der Waals surface area contributed by atoms with Gasteiger partial charge in [-0.2, -0.15) is 11.8 Å².